The van der Waals surface area contributed by atoms with E-state index in [-0.39, 0.29) is 34.2 Å². The van der Waals surface area contributed by atoms with Crippen LogP contribution in [0.5, 0.6) is 0 Å². The van der Waals surface area contributed by atoms with Gasteiger partial charge in [0.15, 0.2) is 0 Å². The van der Waals surface area contributed by atoms with Gasteiger partial charge in [-0.25, -0.2) is 0 Å². The van der Waals surface area contributed by atoms with Gasteiger partial charge < -0.3 is 14.9 Å². The number of rotatable bonds is 1. The summed E-state index contributed by atoms with van der Waals surface area (Å²) >= 11 is 0. The Balaban J connectivity index is 0. The van der Waals surface area contributed by atoms with E-state index in [1.54, 1.807) is 0 Å². The van der Waals surface area contributed by atoms with Crippen LogP contribution in [0.1, 0.15) is 19.8 Å². The number of nitrogens with zero attached hydrogens (tertiary/aromatic N) is 1. The second-order valence-electron chi connectivity index (χ2n) is 2.80. The van der Waals surface area contributed by atoms with Crippen LogP contribution in [0, 0.1) is 0 Å². The Morgan fingerprint density at radius 3 is 1.62 bits per heavy atom. The molecule has 1 aliphatic heterocycles. The van der Waals surface area contributed by atoms with Crippen molar-refractivity contribution in [2.24, 2.45) is 0 Å². The summed E-state index contributed by atoms with van der Waals surface area (Å²) < 4.78 is 0. The van der Waals surface area contributed by atoms with Crippen LogP contribution in [-0.4, -0.2) is 31.3 Å². The summed E-state index contributed by atoms with van der Waals surface area (Å²) in [5.74, 6) is -0.546. The molecule has 1 heterocycles. The number of hydrogen-bond donors (Lipinski definition) is 0. The van der Waals surface area contributed by atoms with Crippen molar-refractivity contribution >= 4 is 19.7 Å². The number of carbonyl (C=O) groups is 2. The molecule has 3 nitrogen and oxygen atoms in total. The van der Waals surface area contributed by atoms with Gasteiger partial charge in [0.25, 0.3) is 0 Å². The molecule has 1 aliphatic rings. The fourth-order valence-electron chi connectivity index (χ4n) is 0.465. The van der Waals surface area contributed by atoms with Crippen LogP contribution in [0.3, 0.4) is 0 Å². The second-order valence-corrected chi connectivity index (χ2v) is 5.59. The first-order valence-electron chi connectivity index (χ1n) is 3.98. The minimum atomic E-state index is -0.273. The summed E-state index contributed by atoms with van der Waals surface area (Å²) in [6, 6.07) is 0. The van der Waals surface area contributed by atoms with Gasteiger partial charge in [-0.15, -0.1) is 7.92 Å². The largest absolute Gasteiger partial charge is 1.00 e. The Bertz CT molecular complexity index is 160. The first-order valence-corrected chi connectivity index (χ1v) is 6.40. The normalized spacial score (nSPS) is 14.5. The van der Waals surface area contributed by atoms with Gasteiger partial charge in [-0.1, -0.05) is 6.92 Å². The van der Waals surface area contributed by atoms with Crippen LogP contribution in [0.25, 0.3) is 5.32 Å². The van der Waals surface area contributed by atoms with Crippen LogP contribution in [0.2, 0.25) is 0 Å². The molecule has 0 aromatic carbocycles. The Labute approximate surface area is 96.3 Å². The fourth-order valence-corrected chi connectivity index (χ4v) is 0.465. The quantitative estimate of drug-likeness (QED) is 0.394. The minimum absolute atomic E-state index is 0. The van der Waals surface area contributed by atoms with E-state index in [1.165, 1.54) is 6.16 Å². The summed E-state index contributed by atoms with van der Waals surface area (Å²) in [7, 11) is 0.402. The molecule has 1 fully saturated rings. The van der Waals surface area contributed by atoms with Crippen molar-refractivity contribution in [3.8, 4) is 0 Å². The molecule has 0 radical (unpaired) electrons. The molecule has 0 N–H and O–H groups in total. The van der Waals surface area contributed by atoms with Crippen molar-refractivity contribution in [3.63, 3.8) is 0 Å². The zero-order valence-electron chi connectivity index (χ0n) is 8.13. The van der Waals surface area contributed by atoms with E-state index in [9.17, 15) is 9.59 Å². The third kappa shape index (κ3) is 10.2. The van der Waals surface area contributed by atoms with E-state index in [0.717, 1.165) is 0 Å². The van der Waals surface area contributed by atoms with Crippen LogP contribution in [0.4, 0.5) is 0 Å². The summed E-state index contributed by atoms with van der Waals surface area (Å²) in [6.45, 7) is 6.80. The van der Waals surface area contributed by atoms with Crippen molar-refractivity contribution < 1.29 is 32.0 Å². The Kier molecular flexibility index (Phi) is 10.8. The molecule has 0 aliphatic carbocycles. The molecule has 0 saturated carbocycles. The molecule has 0 spiro atoms. The van der Waals surface area contributed by atoms with Crippen molar-refractivity contribution in [2.45, 2.75) is 19.8 Å². The van der Waals surface area contributed by atoms with Gasteiger partial charge >= 0.3 is 22.4 Å². The Morgan fingerprint density at radius 2 is 1.54 bits per heavy atom. The van der Waals surface area contributed by atoms with Crippen LogP contribution in [0.15, 0.2) is 0 Å². The maximum absolute atomic E-state index is 10.1. The molecular formula is C8H15AuNO2P. The third-order valence-corrected chi connectivity index (χ3v) is 2.70. The van der Waals surface area contributed by atoms with Gasteiger partial charge in [-0.3, -0.25) is 0 Å². The number of amides is 2. The van der Waals surface area contributed by atoms with Crippen molar-refractivity contribution in [2.75, 3.05) is 19.5 Å². The van der Waals surface area contributed by atoms with E-state index in [4.69, 9.17) is 0 Å². The van der Waals surface area contributed by atoms with Gasteiger partial charge in [0.1, 0.15) is 0 Å². The van der Waals surface area contributed by atoms with Crippen LogP contribution >= 0.6 is 7.92 Å². The first-order chi connectivity index (χ1) is 5.56. The van der Waals surface area contributed by atoms with Crippen molar-refractivity contribution in [1.82, 2.24) is 0 Å². The zero-order chi connectivity index (χ0) is 9.56. The smallest absolute Gasteiger partial charge is 0.596 e. The molecule has 0 bridgehead atoms. The van der Waals surface area contributed by atoms with E-state index >= 15 is 0 Å². The van der Waals surface area contributed by atoms with Crippen molar-refractivity contribution in [1.29, 1.82) is 0 Å². The summed E-state index contributed by atoms with van der Waals surface area (Å²) in [4.78, 5) is 20.1. The van der Waals surface area contributed by atoms with Gasteiger partial charge in [0.05, 0.1) is 11.8 Å². The minimum Gasteiger partial charge on any atom is -0.596 e. The average Bonchev–Trinajstić information content (AvgIpc) is 2.36. The van der Waals surface area contributed by atoms with Gasteiger partial charge in [0, 0.05) is 0 Å². The van der Waals surface area contributed by atoms with Gasteiger partial charge in [-0.05, 0) is 32.3 Å². The van der Waals surface area contributed by atoms with E-state index in [2.05, 4.69) is 25.6 Å². The van der Waals surface area contributed by atoms with Crippen LogP contribution < -0.4 is 0 Å². The van der Waals surface area contributed by atoms with E-state index in [1.807, 2.05) is 0 Å². The molecule has 1 saturated heterocycles. The SMILES string of the molecule is CCP(C)C.O=C1CCC(=O)[N-]1.[Au+]. The average molecular weight is 385 g/mol. The standard InChI is InChI=1S/C4H5NO2.C4H11P.Au/c6-3-1-2-4(7)5-3;1-4-5(2)3;/h1-2H2,(H,5,6,7);4H2,1-3H3;/q;;+1/p-1. The number of imide groups is 1. The second kappa shape index (κ2) is 8.89. The predicted octanol–water partition coefficient (Wildman–Crippen LogP) is 1.95. The maximum Gasteiger partial charge on any atom is 1.00 e. The zero-order valence-corrected chi connectivity index (χ0v) is 11.2. The number of hydrogen-bond acceptors (Lipinski definition) is 2. The molecule has 1 rings (SSSR count). The third-order valence-electron chi connectivity index (χ3n) is 1.43. The fraction of sp³-hybridized carbons (Fsp3) is 0.750. The summed E-state index contributed by atoms with van der Waals surface area (Å²) in [6.07, 6.45) is 2.01. The van der Waals surface area contributed by atoms with E-state index in [0.29, 0.717) is 20.8 Å². The van der Waals surface area contributed by atoms with Crippen molar-refractivity contribution in [3.05, 3.63) is 5.32 Å². The molecule has 0 atom stereocenters. The molecule has 13 heavy (non-hydrogen) atoms. The maximum atomic E-state index is 10.1. The molecular weight excluding hydrogens is 370 g/mol. The monoisotopic (exact) mass is 385 g/mol. The van der Waals surface area contributed by atoms with Gasteiger partial charge in [0.2, 0.25) is 0 Å². The van der Waals surface area contributed by atoms with Gasteiger partial charge in [-0.2, -0.15) is 0 Å². The Morgan fingerprint density at radius 1 is 1.23 bits per heavy atom. The molecule has 0 unspecified atom stereocenters. The molecule has 80 valence electrons. The van der Waals surface area contributed by atoms with E-state index < -0.39 is 0 Å². The molecule has 0 aromatic rings. The first kappa shape index (κ1) is 15.8. The molecule has 0 aromatic heterocycles. The number of carbonyl (C=O) groups excluding carboxylic acids is 2. The molecule has 5 heteroatoms. The predicted molar refractivity (Wildman–Crippen MR) is 51.9 cm³/mol. The summed E-state index contributed by atoms with van der Waals surface area (Å²) in [5, 5.41) is 3.11. The Hall–Kier alpha value is 0.310. The van der Waals surface area contributed by atoms with Crippen LogP contribution in [-0.2, 0) is 32.0 Å². The summed E-state index contributed by atoms with van der Waals surface area (Å²) in [5.41, 5.74) is 0. The topological polar surface area (TPSA) is 48.2 Å². The molecule has 2 amide bonds.